The van der Waals surface area contributed by atoms with Crippen molar-refractivity contribution < 1.29 is 18.5 Å². The minimum absolute atomic E-state index is 0.0116. The van der Waals surface area contributed by atoms with Crippen molar-refractivity contribution in [3.63, 3.8) is 0 Å². The van der Waals surface area contributed by atoms with Crippen LogP contribution in [-0.4, -0.2) is 33.5 Å². The number of nitrogens with zero attached hydrogens (tertiary/aromatic N) is 3. The fourth-order valence-electron chi connectivity index (χ4n) is 2.40. The largest absolute Gasteiger partial charge is 0.369 e. The number of nitrogens with two attached hydrogens (primary N) is 1. The van der Waals surface area contributed by atoms with Crippen LogP contribution in [0.4, 0.5) is 4.39 Å². The highest BCUT2D eigenvalue weighted by Gasteiger charge is 2.20. The van der Waals surface area contributed by atoms with E-state index in [1.54, 1.807) is 30.5 Å². The summed E-state index contributed by atoms with van der Waals surface area (Å²) in [7, 11) is 0. The van der Waals surface area contributed by atoms with Crippen molar-refractivity contribution >= 4 is 11.8 Å². The highest BCUT2D eigenvalue weighted by molar-refractivity contribution is 5.91. The molecule has 1 atom stereocenters. The second kappa shape index (κ2) is 8.17. The quantitative estimate of drug-likeness (QED) is 0.648. The topological polar surface area (TPSA) is 124 Å². The minimum atomic E-state index is -0.663. The number of nitrogens with one attached hydrogen (secondary N) is 1. The number of carbonyl (C=O) groups excluding carboxylic acids is 2. The Bertz CT molecular complexity index is 928. The smallest absolute Gasteiger partial charge is 0.292 e. The van der Waals surface area contributed by atoms with Gasteiger partial charge in [-0.15, -0.1) is 0 Å². The van der Waals surface area contributed by atoms with Crippen LogP contribution in [0.2, 0.25) is 0 Å². The predicted octanol–water partition coefficient (Wildman–Crippen LogP) is 1.34. The maximum absolute atomic E-state index is 13.0. The fourth-order valence-corrected chi connectivity index (χ4v) is 2.40. The third-order valence-corrected chi connectivity index (χ3v) is 3.84. The molecule has 0 bridgehead atoms. The van der Waals surface area contributed by atoms with Crippen LogP contribution >= 0.6 is 0 Å². The molecule has 0 fully saturated rings. The van der Waals surface area contributed by atoms with Crippen molar-refractivity contribution in [3.8, 4) is 11.5 Å². The first kappa shape index (κ1) is 18.2. The molecule has 8 nitrogen and oxygen atoms in total. The summed E-state index contributed by atoms with van der Waals surface area (Å²) >= 11 is 0. The number of hydrogen-bond acceptors (Lipinski definition) is 6. The normalized spacial score (nSPS) is 11.7. The van der Waals surface area contributed by atoms with Crippen molar-refractivity contribution in [2.45, 2.75) is 6.42 Å². The summed E-state index contributed by atoms with van der Waals surface area (Å²) in [6.07, 6.45) is 3.39. The van der Waals surface area contributed by atoms with Gasteiger partial charge in [-0.1, -0.05) is 17.3 Å². The molecule has 3 rings (SSSR count). The summed E-state index contributed by atoms with van der Waals surface area (Å²) in [5.74, 6) is -2.22. The summed E-state index contributed by atoms with van der Waals surface area (Å²) in [6, 6.07) is 9.13. The molecule has 2 aromatic heterocycles. The second-order valence-corrected chi connectivity index (χ2v) is 5.80. The van der Waals surface area contributed by atoms with Gasteiger partial charge in [0.05, 0.1) is 11.5 Å². The van der Waals surface area contributed by atoms with Gasteiger partial charge in [-0.25, -0.2) is 4.39 Å². The van der Waals surface area contributed by atoms with Crippen LogP contribution in [0.3, 0.4) is 0 Å². The third-order valence-electron chi connectivity index (χ3n) is 3.84. The van der Waals surface area contributed by atoms with Gasteiger partial charge in [-0.2, -0.15) is 4.98 Å². The first-order valence-electron chi connectivity index (χ1n) is 8.09. The van der Waals surface area contributed by atoms with Gasteiger partial charge in [0.25, 0.3) is 17.6 Å². The lowest BCUT2D eigenvalue weighted by Crippen LogP contribution is -2.37. The molecule has 9 heteroatoms. The molecule has 0 aliphatic rings. The van der Waals surface area contributed by atoms with Gasteiger partial charge in [-0.05, 0) is 36.2 Å². The summed E-state index contributed by atoms with van der Waals surface area (Å²) in [5, 5.41) is 6.19. The average Bonchev–Trinajstić information content (AvgIpc) is 3.17. The van der Waals surface area contributed by atoms with Crippen molar-refractivity contribution in [1.82, 2.24) is 20.4 Å². The van der Waals surface area contributed by atoms with E-state index in [9.17, 15) is 14.0 Å². The Kier molecular flexibility index (Phi) is 5.50. The Balaban J connectivity index is 1.62. The van der Waals surface area contributed by atoms with E-state index in [0.29, 0.717) is 5.56 Å². The molecule has 2 heterocycles. The minimum Gasteiger partial charge on any atom is -0.369 e. The molecule has 27 heavy (non-hydrogen) atoms. The molecular weight excluding hydrogens is 353 g/mol. The van der Waals surface area contributed by atoms with Gasteiger partial charge in [0.15, 0.2) is 0 Å². The second-order valence-electron chi connectivity index (χ2n) is 5.80. The van der Waals surface area contributed by atoms with Crippen molar-refractivity contribution in [2.24, 2.45) is 11.7 Å². The fraction of sp³-hybridized carbons (Fsp3) is 0.167. The zero-order valence-electron chi connectivity index (χ0n) is 14.1. The molecule has 3 N–H and O–H groups in total. The summed E-state index contributed by atoms with van der Waals surface area (Å²) in [6.45, 7) is -0.0116. The molecule has 0 aliphatic carbocycles. The predicted molar refractivity (Wildman–Crippen MR) is 92.7 cm³/mol. The third kappa shape index (κ3) is 4.72. The van der Waals surface area contributed by atoms with Gasteiger partial charge in [0.1, 0.15) is 5.82 Å². The van der Waals surface area contributed by atoms with Crippen LogP contribution in [0.15, 0.2) is 53.3 Å². The van der Waals surface area contributed by atoms with Crippen LogP contribution in [0.1, 0.15) is 16.2 Å². The van der Waals surface area contributed by atoms with E-state index in [-0.39, 0.29) is 30.5 Å². The lowest BCUT2D eigenvalue weighted by Gasteiger charge is -2.13. The Hall–Kier alpha value is -3.62. The van der Waals surface area contributed by atoms with Crippen LogP contribution in [0.25, 0.3) is 11.5 Å². The molecule has 0 aliphatic heterocycles. The lowest BCUT2D eigenvalue weighted by molar-refractivity contribution is -0.121. The van der Waals surface area contributed by atoms with Crippen LogP contribution in [0, 0.1) is 11.7 Å². The van der Waals surface area contributed by atoms with Gasteiger partial charge in [-0.3, -0.25) is 14.6 Å². The van der Waals surface area contributed by atoms with E-state index in [2.05, 4.69) is 20.4 Å². The number of benzene rings is 1. The SMILES string of the molecule is NC(=O)[C@@H](CNC(=O)c1noc(-c2cccnc2)n1)Cc1ccc(F)cc1. The van der Waals surface area contributed by atoms with Crippen LogP contribution in [-0.2, 0) is 11.2 Å². The van der Waals surface area contributed by atoms with Gasteiger partial charge < -0.3 is 15.6 Å². The maximum Gasteiger partial charge on any atom is 0.292 e. The maximum atomic E-state index is 13.0. The van der Waals surface area contributed by atoms with Gasteiger partial charge in [0, 0.05) is 18.9 Å². The molecule has 0 unspecified atom stereocenters. The molecule has 0 spiro atoms. The first-order valence-corrected chi connectivity index (χ1v) is 8.09. The molecule has 2 amide bonds. The number of halogens is 1. The molecular formula is C18H16FN5O3. The van der Waals surface area contributed by atoms with Gasteiger partial charge in [0.2, 0.25) is 5.91 Å². The van der Waals surface area contributed by atoms with E-state index < -0.39 is 17.7 Å². The highest BCUT2D eigenvalue weighted by Crippen LogP contribution is 2.15. The molecule has 1 aromatic carbocycles. The van der Waals surface area contributed by atoms with Crippen molar-refractivity contribution in [2.75, 3.05) is 6.54 Å². The van der Waals surface area contributed by atoms with E-state index in [4.69, 9.17) is 10.3 Å². The number of amides is 2. The number of rotatable bonds is 7. The van der Waals surface area contributed by atoms with Gasteiger partial charge >= 0.3 is 0 Å². The van der Waals surface area contributed by atoms with E-state index in [0.717, 1.165) is 5.56 Å². The van der Waals surface area contributed by atoms with E-state index in [1.165, 1.54) is 18.3 Å². The van der Waals surface area contributed by atoms with E-state index >= 15 is 0 Å². The number of hydrogen-bond donors (Lipinski definition) is 2. The Morgan fingerprint density at radius 3 is 2.67 bits per heavy atom. The standard InChI is InChI=1S/C18H16FN5O3/c19-14-5-3-11(4-6-14)8-13(15(20)25)10-22-17(26)16-23-18(27-24-16)12-2-1-7-21-9-12/h1-7,9,13H,8,10H2,(H2,20,25)(H,22,26)/t13-/m1/s1. The Morgan fingerprint density at radius 1 is 1.22 bits per heavy atom. The number of primary amides is 1. The molecule has 0 saturated carbocycles. The number of pyridine rings is 1. The lowest BCUT2D eigenvalue weighted by atomic mass is 9.98. The Morgan fingerprint density at radius 2 is 2.00 bits per heavy atom. The molecule has 3 aromatic rings. The zero-order chi connectivity index (χ0) is 19.2. The first-order chi connectivity index (χ1) is 13.0. The van der Waals surface area contributed by atoms with Crippen LogP contribution in [0.5, 0.6) is 0 Å². The van der Waals surface area contributed by atoms with E-state index in [1.807, 2.05) is 0 Å². The molecule has 0 radical (unpaired) electrons. The zero-order valence-corrected chi connectivity index (χ0v) is 14.1. The van der Waals surface area contributed by atoms with Crippen LogP contribution < -0.4 is 11.1 Å². The van der Waals surface area contributed by atoms with Crippen molar-refractivity contribution in [1.29, 1.82) is 0 Å². The number of carbonyl (C=O) groups is 2. The monoisotopic (exact) mass is 369 g/mol. The Labute approximate surface area is 153 Å². The average molecular weight is 369 g/mol. The van der Waals surface area contributed by atoms with Crippen molar-refractivity contribution in [3.05, 3.63) is 66.0 Å². The summed E-state index contributed by atoms with van der Waals surface area (Å²) in [5.41, 5.74) is 6.71. The summed E-state index contributed by atoms with van der Waals surface area (Å²) in [4.78, 5) is 31.8. The summed E-state index contributed by atoms with van der Waals surface area (Å²) < 4.78 is 18.0. The molecule has 138 valence electrons. The highest BCUT2D eigenvalue weighted by atomic mass is 19.1. The number of aromatic nitrogens is 3. The molecule has 0 saturated heterocycles.